The van der Waals surface area contributed by atoms with Gasteiger partial charge in [-0.3, -0.25) is 9.59 Å². The fraction of sp³-hybridized carbons (Fsp3) is 0.792. The number of ketones is 1. The van der Waals surface area contributed by atoms with Crippen LogP contribution < -0.4 is 10.2 Å². The number of amides is 1. The van der Waals surface area contributed by atoms with Crippen LogP contribution in [0.3, 0.4) is 0 Å². The first-order valence-corrected chi connectivity index (χ1v) is 39.3. The molecule has 19 rings (SSSR count). The number of allylic oxidation sites excluding steroid dienone is 3. The maximum Gasteiger partial charge on any atom is 0.234 e. The minimum atomic E-state index is -1.81. The fourth-order valence-corrected chi connectivity index (χ4v) is 30.9. The minimum absolute atomic E-state index is 0.0197. The van der Waals surface area contributed by atoms with Gasteiger partial charge < -0.3 is 65.3 Å². The maximum absolute atomic E-state index is 17.2. The summed E-state index contributed by atoms with van der Waals surface area (Å²) in [6.07, 6.45) is 20.6. The molecule has 10 aliphatic carbocycles. The topological polar surface area (TPSA) is 242 Å². The van der Waals surface area contributed by atoms with Gasteiger partial charge in [0.25, 0.3) is 0 Å². The van der Waals surface area contributed by atoms with Gasteiger partial charge in [-0.15, -0.1) is 5.92 Å². The molecule has 7 saturated carbocycles. The van der Waals surface area contributed by atoms with Gasteiger partial charge in [-0.2, -0.15) is 0 Å². The first-order chi connectivity index (χ1) is 45.1. The average Bonchev–Trinajstić information content (AvgIpc) is 1.21. The molecule has 0 radical (unpaired) electrons. The molecular weight excluding hydrogens is 1220 g/mol. The number of hydrogen-bond donors (Lipinski definition) is 9. The Hall–Kier alpha value is -2.80. The highest BCUT2D eigenvalue weighted by Crippen LogP contribution is 2.83. The molecule has 11 fully saturated rings. The molecule has 17 heteroatoms. The van der Waals surface area contributed by atoms with Gasteiger partial charge in [-0.25, -0.2) is 0 Å². The molecule has 15 nitrogen and oxygen atoms in total. The SMILES string of the molecule is COC1C=CC2CC3NC4(CCC(CC#CC5CC6(CN7C(=O)C68C(CO)CCCC8CSSC(O)C68CC9OCCC%10CCCC%10(C9(O)CO)C6(C)C6CC9C=CCC(O)(C%10OC%10C(C)C(C)C)C%10CCC(O)(C6=CC8=O)C9%10CCc6cc(O)cc7c6)C(O)C53)C4)C2C1. The van der Waals surface area contributed by atoms with Crippen molar-refractivity contribution in [2.45, 2.75) is 227 Å². The van der Waals surface area contributed by atoms with Crippen molar-refractivity contribution in [3.05, 3.63) is 59.7 Å². The summed E-state index contributed by atoms with van der Waals surface area (Å²) in [7, 11) is 4.52. The molecule has 1 aromatic carbocycles. The molecule has 0 aromatic heterocycles. The lowest BCUT2D eigenvalue weighted by atomic mass is 9.30. The lowest BCUT2D eigenvalue weighted by Gasteiger charge is -2.75. The van der Waals surface area contributed by atoms with E-state index in [2.05, 4.69) is 69.2 Å². The van der Waals surface area contributed by atoms with Crippen LogP contribution in [-0.2, 0) is 30.2 Å². The van der Waals surface area contributed by atoms with Gasteiger partial charge in [0.1, 0.15) is 28.5 Å². The van der Waals surface area contributed by atoms with E-state index in [9.17, 15) is 40.9 Å². The van der Waals surface area contributed by atoms with Crippen molar-refractivity contribution in [1.29, 1.82) is 0 Å². The number of rotatable bonds is 6. The smallest absolute Gasteiger partial charge is 0.234 e. The number of carbonyl (C=O) groups excluding carboxylic acids is 2. The molecule has 8 aliphatic heterocycles. The highest BCUT2D eigenvalue weighted by molar-refractivity contribution is 8.76. The molecule has 6 spiro atoms. The van der Waals surface area contributed by atoms with Crippen LogP contribution in [0.4, 0.5) is 5.69 Å². The number of ether oxygens (including phenoxy) is 3. The predicted octanol–water partition coefficient (Wildman–Crippen LogP) is 9.00. The van der Waals surface area contributed by atoms with Crippen LogP contribution in [0.25, 0.3) is 0 Å². The normalized spacial score (nSPS) is 53.6. The van der Waals surface area contributed by atoms with E-state index < -0.39 is 103 Å². The molecule has 9 N–H and O–H groups in total. The number of hydrogen-bond acceptors (Lipinski definition) is 16. The summed E-state index contributed by atoms with van der Waals surface area (Å²) in [4.78, 5) is 36.0. The number of phenols is 1. The van der Waals surface area contributed by atoms with E-state index in [0.717, 1.165) is 63.4 Å². The molecule has 13 bridgehead atoms. The van der Waals surface area contributed by atoms with Crippen molar-refractivity contribution < 1.29 is 64.7 Å². The average molecular weight is 1330 g/mol. The van der Waals surface area contributed by atoms with Crippen LogP contribution in [0.5, 0.6) is 5.75 Å². The Kier molecular flexibility index (Phi) is 15.2. The molecule has 1 amide bonds. The third kappa shape index (κ3) is 7.96. The van der Waals surface area contributed by atoms with Gasteiger partial charge in [0.2, 0.25) is 5.91 Å². The summed E-state index contributed by atoms with van der Waals surface area (Å²) >= 11 is 0. The Morgan fingerprint density at radius 2 is 1.73 bits per heavy atom. The Labute approximate surface area is 563 Å². The van der Waals surface area contributed by atoms with Gasteiger partial charge in [-0.1, -0.05) is 92.3 Å². The third-order valence-electron chi connectivity index (χ3n) is 31.9. The predicted molar refractivity (Wildman–Crippen MR) is 358 cm³/mol. The molecule has 94 heavy (non-hydrogen) atoms. The molecule has 8 heterocycles. The quantitative estimate of drug-likeness (QED) is 0.0559. The summed E-state index contributed by atoms with van der Waals surface area (Å²) in [5.74, 6) is 5.68. The molecule has 4 saturated heterocycles. The lowest BCUT2D eigenvalue weighted by Crippen LogP contribution is -2.80. The minimum Gasteiger partial charge on any atom is -0.508 e. The number of methoxy groups -OCH3 is 1. The van der Waals surface area contributed by atoms with Crippen LogP contribution in [0.2, 0.25) is 0 Å². The van der Waals surface area contributed by atoms with Crippen LogP contribution in [0.15, 0.2) is 54.2 Å². The zero-order valence-corrected chi connectivity index (χ0v) is 57.6. The number of anilines is 1. The molecule has 29 atom stereocenters. The summed E-state index contributed by atoms with van der Waals surface area (Å²) in [6, 6.07) is 5.37. The summed E-state index contributed by atoms with van der Waals surface area (Å²) < 4.78 is 19.5. The van der Waals surface area contributed by atoms with Gasteiger partial charge in [0, 0.05) is 96.4 Å². The van der Waals surface area contributed by atoms with E-state index in [4.69, 9.17) is 14.2 Å². The van der Waals surface area contributed by atoms with Crippen molar-refractivity contribution in [1.82, 2.24) is 5.32 Å². The third-order valence-corrected chi connectivity index (χ3v) is 34.5. The lowest BCUT2D eigenvalue weighted by molar-refractivity contribution is -0.317. The van der Waals surface area contributed by atoms with E-state index in [-0.39, 0.29) is 109 Å². The number of phenolic OH excluding ortho intramolecular Hbond substituents is 1. The maximum atomic E-state index is 17.2. The van der Waals surface area contributed by atoms with Crippen molar-refractivity contribution in [2.24, 2.45) is 109 Å². The molecule has 18 aliphatic rings. The van der Waals surface area contributed by atoms with E-state index in [1.807, 2.05) is 11.0 Å². The van der Waals surface area contributed by atoms with E-state index >= 15 is 9.59 Å². The first kappa shape index (κ1) is 64.6. The van der Waals surface area contributed by atoms with Crippen LogP contribution in [0, 0.1) is 121 Å². The Bertz CT molecular complexity index is 3430. The summed E-state index contributed by atoms with van der Waals surface area (Å²) in [6.45, 7) is 8.30. The molecule has 29 unspecified atom stereocenters. The summed E-state index contributed by atoms with van der Waals surface area (Å²) in [5, 5.41) is 112. The van der Waals surface area contributed by atoms with Crippen molar-refractivity contribution in [3.8, 4) is 17.6 Å². The number of aliphatic hydroxyl groups excluding tert-OH is 4. The first-order valence-electron chi connectivity index (χ1n) is 36.9. The highest BCUT2D eigenvalue weighted by Gasteiger charge is 2.86. The van der Waals surface area contributed by atoms with Gasteiger partial charge in [0.05, 0.1) is 47.5 Å². The second kappa shape index (κ2) is 22.1. The number of fused-ring (bicyclic) bond motifs is 7. The second-order valence-electron chi connectivity index (χ2n) is 34.6. The van der Waals surface area contributed by atoms with Crippen LogP contribution in [0.1, 0.15) is 162 Å². The van der Waals surface area contributed by atoms with E-state index in [1.165, 1.54) is 21.6 Å². The number of epoxide rings is 1. The number of piperidine rings is 1. The largest absolute Gasteiger partial charge is 0.508 e. The number of carbonyl (C=O) groups is 2. The number of aliphatic hydroxyl groups is 7. The number of benzene rings is 1. The highest BCUT2D eigenvalue weighted by atomic mass is 33.1. The van der Waals surface area contributed by atoms with Crippen molar-refractivity contribution in [3.63, 3.8) is 0 Å². The van der Waals surface area contributed by atoms with E-state index in [0.29, 0.717) is 99.7 Å². The zero-order chi connectivity index (χ0) is 65.3. The van der Waals surface area contributed by atoms with Crippen molar-refractivity contribution >= 4 is 39.0 Å². The standard InChI is InChI=1S/C77H104N2O13S2/c1-42(2)43(3)63-65(92-63)73(87)22-8-15-49-31-56-57-34-60(83)72(37-61-76(89,41-81)74(68(56,72)4)23-9-14-48(74)21-27-91-61)67(86)94-93-39-51-13-7-12-50(38-80)77(51)66(85)79(52-28-45(29-53(82)32-52)19-25-71(49)59(73)20-26-75(57,71)88)40-69(77)36-47-11-6-10-44-18-24-70(35-44)55-33-54(90-5)17-16-46(55)30-58(78-70)62(47)64(69)84/h8,15-17,28-29,32,34,42-44,46-51,54-56,58-59,61-65,67,78,80-82,84,86-89H,7,9-10,12-14,18-27,30-31,33,35-41H2,1-5H3. The van der Waals surface area contributed by atoms with Gasteiger partial charge in [-0.05, 0) is 210 Å². The van der Waals surface area contributed by atoms with Crippen LogP contribution >= 0.6 is 21.6 Å². The van der Waals surface area contributed by atoms with Crippen LogP contribution in [-0.4, -0.2) is 156 Å². The Morgan fingerprint density at radius 3 is 2.53 bits per heavy atom. The number of nitrogens with one attached hydrogen (secondary N) is 1. The zero-order valence-electron chi connectivity index (χ0n) is 55.9. The van der Waals surface area contributed by atoms with Gasteiger partial charge >= 0.3 is 0 Å². The molecule has 512 valence electrons. The number of nitrogens with zero attached hydrogens (tertiary/aromatic N) is 1. The van der Waals surface area contributed by atoms with Crippen molar-refractivity contribution in [2.75, 3.05) is 44.1 Å². The molecular formula is C77H104N2O13S2. The van der Waals surface area contributed by atoms with Gasteiger partial charge in [0.15, 0.2) is 5.78 Å². The number of aryl methyl sites for hydroxylation is 1. The Morgan fingerprint density at radius 1 is 0.904 bits per heavy atom. The van der Waals surface area contributed by atoms with E-state index in [1.54, 1.807) is 25.3 Å². The Balaban J connectivity index is 0.855. The number of aromatic hydroxyl groups is 1. The molecule has 1 aromatic rings. The fourth-order valence-electron chi connectivity index (χ4n) is 27.9. The second-order valence-corrected chi connectivity index (χ2v) is 37.0. The summed E-state index contributed by atoms with van der Waals surface area (Å²) in [5.41, 5.74) is -12.2. The monoisotopic (exact) mass is 1330 g/mol.